The minimum atomic E-state index is -2.17. The van der Waals surface area contributed by atoms with E-state index in [1.807, 2.05) is 0 Å². The lowest BCUT2D eigenvalue weighted by Gasteiger charge is -2.44. The molecule has 3 heterocycles. The molecule has 1 aromatic heterocycles. The monoisotopic (exact) mass is 638 g/mol. The van der Waals surface area contributed by atoms with E-state index in [0.29, 0.717) is 0 Å². The number of hydrogen-bond donors (Lipinski definition) is 10. The fraction of sp³-hybridized carbons (Fsp3) is 0.370. The van der Waals surface area contributed by atoms with Crippen molar-refractivity contribution in [3.05, 3.63) is 46.6 Å². The predicted molar refractivity (Wildman–Crippen MR) is 141 cm³/mol. The first kappa shape index (κ1) is 31.9. The largest absolute Gasteiger partial charge is 0.507 e. The lowest BCUT2D eigenvalue weighted by Crippen LogP contribution is -2.66. The molecule has 10 N–H and O–H groups in total. The number of ether oxygens (including phenoxy) is 4. The number of hydrogen-bond acceptors (Lipinski definition) is 16. The number of carboxylic acid groups (broad SMARTS) is 2. The molecule has 18 heteroatoms. The third kappa shape index (κ3) is 5.95. The van der Waals surface area contributed by atoms with Crippen LogP contribution in [-0.2, 0) is 23.8 Å². The molecule has 2 aliphatic rings. The number of aromatic hydroxyl groups is 3. The predicted octanol–water partition coefficient (Wildman–Crippen LogP) is -2.24. The Bertz CT molecular complexity index is 1670. The molecule has 0 radical (unpaired) electrons. The van der Waals surface area contributed by atoms with Crippen molar-refractivity contribution >= 4 is 22.9 Å². The van der Waals surface area contributed by atoms with E-state index in [9.17, 15) is 65.4 Å². The molecule has 2 fully saturated rings. The van der Waals surface area contributed by atoms with Crippen LogP contribution in [-0.4, -0.2) is 124 Å². The molecule has 45 heavy (non-hydrogen) atoms. The number of aliphatic hydroxyl groups excluding tert-OH is 5. The van der Waals surface area contributed by atoms with Gasteiger partial charge >= 0.3 is 11.9 Å². The second-order valence-electron chi connectivity index (χ2n) is 10.2. The Balaban J connectivity index is 1.41. The molecule has 0 amide bonds. The molecule has 0 bridgehead atoms. The van der Waals surface area contributed by atoms with Gasteiger partial charge in [0.05, 0.1) is 0 Å². The van der Waals surface area contributed by atoms with Crippen molar-refractivity contribution in [1.82, 2.24) is 0 Å². The third-order valence-corrected chi connectivity index (χ3v) is 7.19. The van der Waals surface area contributed by atoms with Gasteiger partial charge in [0.25, 0.3) is 0 Å². The van der Waals surface area contributed by atoms with E-state index >= 15 is 0 Å². The highest BCUT2D eigenvalue weighted by Gasteiger charge is 2.54. The number of aliphatic hydroxyl groups is 5. The van der Waals surface area contributed by atoms with Crippen LogP contribution in [0.25, 0.3) is 22.3 Å². The van der Waals surface area contributed by atoms with Gasteiger partial charge < -0.3 is 74.4 Å². The van der Waals surface area contributed by atoms with E-state index in [0.717, 1.165) is 30.3 Å². The lowest BCUT2D eigenvalue weighted by molar-refractivity contribution is -0.343. The van der Waals surface area contributed by atoms with Gasteiger partial charge in [-0.2, -0.15) is 0 Å². The topological polar surface area (TPSA) is 304 Å². The van der Waals surface area contributed by atoms with Crippen molar-refractivity contribution in [2.45, 2.75) is 61.4 Å². The van der Waals surface area contributed by atoms with Crippen molar-refractivity contribution in [3.8, 4) is 34.3 Å². The fourth-order valence-corrected chi connectivity index (χ4v) is 4.87. The minimum Gasteiger partial charge on any atom is -0.507 e. The Morgan fingerprint density at radius 3 is 1.98 bits per heavy atom. The number of carboxylic acids is 2. The Morgan fingerprint density at radius 2 is 1.33 bits per heavy atom. The highest BCUT2D eigenvalue weighted by atomic mass is 16.7. The van der Waals surface area contributed by atoms with Crippen LogP contribution < -0.4 is 10.2 Å². The maximum absolute atomic E-state index is 12.7. The zero-order valence-corrected chi connectivity index (χ0v) is 22.5. The number of carbonyl (C=O) groups is 2. The lowest BCUT2D eigenvalue weighted by atomic mass is 9.96. The molecule has 3 aromatic rings. The summed E-state index contributed by atoms with van der Waals surface area (Å²) in [5.74, 6) is -5.57. The molecule has 242 valence electrons. The van der Waals surface area contributed by atoms with E-state index in [1.165, 1.54) is 6.07 Å². The smallest absolute Gasteiger partial charge is 0.335 e. The molecule has 10 atom stereocenters. The van der Waals surface area contributed by atoms with Crippen molar-refractivity contribution in [2.75, 3.05) is 0 Å². The van der Waals surface area contributed by atoms with Crippen molar-refractivity contribution in [3.63, 3.8) is 0 Å². The summed E-state index contributed by atoms with van der Waals surface area (Å²) >= 11 is 0. The highest BCUT2D eigenvalue weighted by Crippen LogP contribution is 2.36. The molecule has 2 aromatic carbocycles. The summed E-state index contributed by atoms with van der Waals surface area (Å²) in [5.41, 5.74) is -0.810. The number of benzene rings is 2. The molecule has 0 aliphatic carbocycles. The molecule has 0 saturated carbocycles. The SMILES string of the molecule is O=C(O)[C@H]1O[C@@H](O[C@H]2[C@H](O)[C@@H](O)[C@H](Oc3cc(O)c4c(=O)cc(-c5ccc(O)c(O)c5)oc4c3)O[C@@H]2C(=O)O)[C@H](O)[C@@H](O)[C@@H]1O. The maximum atomic E-state index is 12.7. The maximum Gasteiger partial charge on any atom is 0.335 e. The van der Waals surface area contributed by atoms with E-state index in [4.69, 9.17) is 23.4 Å². The van der Waals surface area contributed by atoms with Gasteiger partial charge in [0.2, 0.25) is 6.29 Å². The normalized spacial score (nSPS) is 31.8. The fourth-order valence-electron chi connectivity index (χ4n) is 4.87. The first-order chi connectivity index (χ1) is 21.2. The van der Waals surface area contributed by atoms with Gasteiger partial charge in [0.15, 0.2) is 35.4 Å². The quantitative estimate of drug-likeness (QED) is 0.122. The Morgan fingerprint density at radius 1 is 0.689 bits per heavy atom. The molecule has 0 spiro atoms. The van der Waals surface area contributed by atoms with Crippen LogP contribution in [0, 0.1) is 0 Å². The Hall–Kier alpha value is -4.53. The van der Waals surface area contributed by atoms with Crippen LogP contribution in [0.4, 0.5) is 0 Å². The average molecular weight is 638 g/mol. The summed E-state index contributed by atoms with van der Waals surface area (Å²) in [5, 5.41) is 100. The second kappa shape index (κ2) is 12.1. The average Bonchev–Trinajstić information content (AvgIpc) is 2.97. The van der Waals surface area contributed by atoms with Crippen LogP contribution in [0.1, 0.15) is 0 Å². The zero-order valence-electron chi connectivity index (χ0n) is 22.5. The number of rotatable bonds is 7. The number of phenolic OH excluding ortho intramolecular Hbond substituents is 3. The number of fused-ring (bicyclic) bond motifs is 1. The van der Waals surface area contributed by atoms with Crippen LogP contribution in [0.15, 0.2) is 45.6 Å². The summed E-state index contributed by atoms with van der Waals surface area (Å²) in [6.07, 6.45) is -21.0. The molecule has 0 unspecified atom stereocenters. The van der Waals surface area contributed by atoms with Gasteiger partial charge in [0, 0.05) is 23.8 Å². The van der Waals surface area contributed by atoms with Gasteiger partial charge in [0.1, 0.15) is 64.9 Å². The van der Waals surface area contributed by atoms with Crippen LogP contribution >= 0.6 is 0 Å². The second-order valence-corrected chi connectivity index (χ2v) is 10.2. The third-order valence-electron chi connectivity index (χ3n) is 7.19. The first-order valence-corrected chi connectivity index (χ1v) is 13.0. The zero-order chi connectivity index (χ0) is 32.9. The molecular formula is C27H26O18. The van der Waals surface area contributed by atoms with Gasteiger partial charge in [-0.1, -0.05) is 0 Å². The molecule has 18 nitrogen and oxygen atoms in total. The van der Waals surface area contributed by atoms with E-state index < -0.39 is 96.0 Å². The first-order valence-electron chi connectivity index (χ1n) is 13.0. The summed E-state index contributed by atoms with van der Waals surface area (Å²) in [4.78, 5) is 36.2. The summed E-state index contributed by atoms with van der Waals surface area (Å²) in [6.45, 7) is 0. The molecule has 2 aliphatic heterocycles. The summed E-state index contributed by atoms with van der Waals surface area (Å²) in [6, 6.07) is 6.59. The van der Waals surface area contributed by atoms with E-state index in [2.05, 4.69) is 0 Å². The standard InChI is InChI=1S/C27H26O18/c28-9-2-1-7(3-10(9)29)13-6-12(31)15-11(30)4-8(5-14(15)42-13)41-26-20(36)18(34)21(23(45-26)25(39)40)43-27-19(35)16(32)17(33)22(44-27)24(37)38/h1-6,16-23,26-30,32-36H,(H,37,38)(H,39,40)/t16-,17-,18+,19+,20+,21-,22-,23-,26+,27+/m0/s1. The Labute approximate surface area is 249 Å². The van der Waals surface area contributed by atoms with E-state index in [-0.39, 0.29) is 28.0 Å². The van der Waals surface area contributed by atoms with Crippen LogP contribution in [0.3, 0.4) is 0 Å². The van der Waals surface area contributed by atoms with Gasteiger partial charge in [-0.3, -0.25) is 4.79 Å². The summed E-state index contributed by atoms with van der Waals surface area (Å²) < 4.78 is 26.7. The van der Waals surface area contributed by atoms with Crippen molar-refractivity contribution in [1.29, 1.82) is 0 Å². The molecular weight excluding hydrogens is 612 g/mol. The van der Waals surface area contributed by atoms with Crippen LogP contribution in [0.5, 0.6) is 23.0 Å². The molecule has 2 saturated heterocycles. The van der Waals surface area contributed by atoms with Gasteiger partial charge in [-0.25, -0.2) is 9.59 Å². The van der Waals surface area contributed by atoms with Crippen molar-refractivity contribution < 1.29 is 84.0 Å². The number of aliphatic carboxylic acids is 2. The van der Waals surface area contributed by atoms with Crippen molar-refractivity contribution in [2.24, 2.45) is 0 Å². The Kier molecular flexibility index (Phi) is 8.58. The van der Waals surface area contributed by atoms with E-state index in [1.54, 1.807) is 0 Å². The number of phenols is 3. The minimum absolute atomic E-state index is 0.0930. The van der Waals surface area contributed by atoms with Gasteiger partial charge in [-0.15, -0.1) is 0 Å². The summed E-state index contributed by atoms with van der Waals surface area (Å²) in [7, 11) is 0. The van der Waals surface area contributed by atoms with Crippen LogP contribution in [0.2, 0.25) is 0 Å². The van der Waals surface area contributed by atoms with Gasteiger partial charge in [-0.05, 0) is 18.2 Å². The highest BCUT2D eigenvalue weighted by molar-refractivity contribution is 5.86. The molecule has 5 rings (SSSR count).